The van der Waals surface area contributed by atoms with Crippen LogP contribution in [0.2, 0.25) is 0 Å². The van der Waals surface area contributed by atoms with Crippen LogP contribution in [-0.2, 0) is 29.6 Å². The van der Waals surface area contributed by atoms with Crippen molar-refractivity contribution in [2.45, 2.75) is 62.5 Å². The molecule has 3 aliphatic rings. The second kappa shape index (κ2) is 10.2. The summed E-state index contributed by atoms with van der Waals surface area (Å²) in [7, 11) is 3.47. The van der Waals surface area contributed by atoms with Gasteiger partial charge in [0.15, 0.2) is 11.5 Å². The van der Waals surface area contributed by atoms with Gasteiger partial charge in [-0.1, -0.05) is 61.0 Å². The lowest BCUT2D eigenvalue weighted by Crippen LogP contribution is -2.56. The summed E-state index contributed by atoms with van der Waals surface area (Å²) < 4.78 is 17.6. The zero-order valence-electron chi connectivity index (χ0n) is 22.3. The molecular weight excluding hydrogens is 458 g/mol. The van der Waals surface area contributed by atoms with Crippen molar-refractivity contribution in [1.82, 2.24) is 4.90 Å². The van der Waals surface area contributed by atoms with Crippen LogP contribution in [0.15, 0.2) is 66.7 Å². The number of aryl methyl sites for hydroxylation is 1. The van der Waals surface area contributed by atoms with Crippen molar-refractivity contribution >= 4 is 0 Å². The number of likely N-dealkylation sites (tertiary alicyclic amines) is 1. The van der Waals surface area contributed by atoms with E-state index in [-0.39, 0.29) is 11.0 Å². The number of rotatable bonds is 6. The van der Waals surface area contributed by atoms with Gasteiger partial charge in [-0.05, 0) is 91.6 Å². The average molecular weight is 498 g/mol. The fraction of sp³-hybridized carbons (Fsp3) is 0.455. The number of hydrogen-bond donors (Lipinski definition) is 0. The number of ether oxygens (including phenoxy) is 3. The third kappa shape index (κ3) is 4.34. The van der Waals surface area contributed by atoms with E-state index in [2.05, 4.69) is 71.6 Å². The molecule has 1 aliphatic carbocycles. The van der Waals surface area contributed by atoms with E-state index in [1.54, 1.807) is 14.2 Å². The highest BCUT2D eigenvalue weighted by Crippen LogP contribution is 2.46. The lowest BCUT2D eigenvalue weighted by molar-refractivity contribution is 0.0148. The van der Waals surface area contributed by atoms with Crippen LogP contribution >= 0.6 is 0 Å². The molecule has 2 atom stereocenters. The third-order valence-electron chi connectivity index (χ3n) is 9.35. The summed E-state index contributed by atoms with van der Waals surface area (Å²) in [4.78, 5) is 2.85. The van der Waals surface area contributed by atoms with E-state index in [0.717, 1.165) is 43.9 Å². The molecule has 1 spiro atoms. The first-order valence-electron chi connectivity index (χ1n) is 13.9. The number of benzene rings is 3. The second-order valence-corrected chi connectivity index (χ2v) is 11.2. The predicted octanol–water partition coefficient (Wildman–Crippen LogP) is 6.32. The Hall–Kier alpha value is -2.82. The number of methoxy groups -OCH3 is 2. The molecule has 194 valence electrons. The third-order valence-corrected chi connectivity index (χ3v) is 9.35. The van der Waals surface area contributed by atoms with E-state index in [4.69, 9.17) is 14.2 Å². The standard InChI is InChI=1S/C33H39NO3/c1-35-30-20-25-14-16-32(22-27(25)21-31(30)36-2)15-8-9-18-34(32)19-17-33(28-11-4-3-5-12-28)24-37-23-26-10-6-7-13-29(26)33/h3-7,10-13,20-21H,8-9,14-19,22-24H2,1-2H3. The molecule has 2 heterocycles. The number of piperidine rings is 1. The summed E-state index contributed by atoms with van der Waals surface area (Å²) in [5.74, 6) is 1.69. The van der Waals surface area contributed by atoms with E-state index < -0.39 is 0 Å². The van der Waals surface area contributed by atoms with Crippen LogP contribution in [0.1, 0.15) is 59.9 Å². The van der Waals surface area contributed by atoms with Crippen molar-refractivity contribution in [3.05, 3.63) is 94.5 Å². The molecule has 4 heteroatoms. The molecule has 0 saturated carbocycles. The molecule has 0 radical (unpaired) electrons. The maximum Gasteiger partial charge on any atom is 0.161 e. The van der Waals surface area contributed by atoms with E-state index in [0.29, 0.717) is 6.61 Å². The molecule has 2 aliphatic heterocycles. The largest absolute Gasteiger partial charge is 0.493 e. The smallest absolute Gasteiger partial charge is 0.161 e. The lowest BCUT2D eigenvalue weighted by Gasteiger charge is -2.51. The quantitative estimate of drug-likeness (QED) is 0.399. The van der Waals surface area contributed by atoms with E-state index in [1.165, 1.54) is 60.0 Å². The summed E-state index contributed by atoms with van der Waals surface area (Å²) in [5.41, 5.74) is 7.11. The molecule has 0 aromatic heterocycles. The molecule has 0 amide bonds. The molecule has 0 bridgehead atoms. The Labute approximate surface area is 221 Å². The highest BCUT2D eigenvalue weighted by Gasteiger charge is 2.44. The Morgan fingerprint density at radius 1 is 0.838 bits per heavy atom. The molecule has 3 aromatic carbocycles. The Morgan fingerprint density at radius 2 is 1.59 bits per heavy atom. The first kappa shape index (κ1) is 24.5. The van der Waals surface area contributed by atoms with Gasteiger partial charge in [0.25, 0.3) is 0 Å². The molecule has 1 saturated heterocycles. The fourth-order valence-electron chi connectivity index (χ4n) is 7.35. The SMILES string of the molecule is COc1cc2c(cc1OC)CC1(CCCCN1CCC1(c3ccccc3)COCc3ccccc31)CC2. The van der Waals surface area contributed by atoms with Crippen LogP contribution in [-0.4, -0.2) is 44.4 Å². The first-order valence-corrected chi connectivity index (χ1v) is 13.9. The molecule has 37 heavy (non-hydrogen) atoms. The van der Waals surface area contributed by atoms with Crippen molar-refractivity contribution in [1.29, 1.82) is 0 Å². The molecule has 6 rings (SSSR count). The highest BCUT2D eigenvalue weighted by atomic mass is 16.5. The van der Waals surface area contributed by atoms with E-state index >= 15 is 0 Å². The van der Waals surface area contributed by atoms with Crippen LogP contribution < -0.4 is 9.47 Å². The highest BCUT2D eigenvalue weighted by molar-refractivity contribution is 5.49. The zero-order valence-corrected chi connectivity index (χ0v) is 22.3. The summed E-state index contributed by atoms with van der Waals surface area (Å²) in [5, 5.41) is 0. The first-order chi connectivity index (χ1) is 18.2. The Morgan fingerprint density at radius 3 is 2.41 bits per heavy atom. The van der Waals surface area contributed by atoms with Crippen molar-refractivity contribution in [2.24, 2.45) is 0 Å². The number of nitrogens with zero attached hydrogens (tertiary/aromatic N) is 1. The van der Waals surface area contributed by atoms with Gasteiger partial charge in [-0.3, -0.25) is 4.90 Å². The van der Waals surface area contributed by atoms with Crippen molar-refractivity contribution < 1.29 is 14.2 Å². The van der Waals surface area contributed by atoms with Gasteiger partial charge in [0.1, 0.15) is 0 Å². The lowest BCUT2D eigenvalue weighted by atomic mass is 9.68. The molecule has 4 nitrogen and oxygen atoms in total. The minimum Gasteiger partial charge on any atom is -0.493 e. The normalized spacial score (nSPS) is 25.4. The van der Waals surface area contributed by atoms with Gasteiger partial charge in [0, 0.05) is 11.0 Å². The second-order valence-electron chi connectivity index (χ2n) is 11.2. The Bertz CT molecular complexity index is 1240. The summed E-state index contributed by atoms with van der Waals surface area (Å²) >= 11 is 0. The summed E-state index contributed by atoms with van der Waals surface area (Å²) in [6.45, 7) is 3.71. The molecule has 0 N–H and O–H groups in total. The van der Waals surface area contributed by atoms with E-state index in [9.17, 15) is 0 Å². The van der Waals surface area contributed by atoms with Gasteiger partial charge in [0.05, 0.1) is 27.4 Å². The van der Waals surface area contributed by atoms with Gasteiger partial charge in [-0.25, -0.2) is 0 Å². The van der Waals surface area contributed by atoms with Crippen LogP contribution in [0, 0.1) is 0 Å². The van der Waals surface area contributed by atoms with Crippen LogP contribution in [0.5, 0.6) is 11.5 Å². The maximum absolute atomic E-state index is 6.29. The zero-order chi connectivity index (χ0) is 25.3. The fourth-order valence-corrected chi connectivity index (χ4v) is 7.35. The number of fused-ring (bicyclic) bond motifs is 2. The van der Waals surface area contributed by atoms with Gasteiger partial charge in [-0.15, -0.1) is 0 Å². The van der Waals surface area contributed by atoms with Gasteiger partial charge in [0.2, 0.25) is 0 Å². The van der Waals surface area contributed by atoms with Crippen LogP contribution in [0.4, 0.5) is 0 Å². The van der Waals surface area contributed by atoms with Gasteiger partial charge >= 0.3 is 0 Å². The van der Waals surface area contributed by atoms with Crippen molar-refractivity contribution in [2.75, 3.05) is 33.9 Å². The van der Waals surface area contributed by atoms with Crippen molar-refractivity contribution in [3.8, 4) is 11.5 Å². The molecule has 3 aromatic rings. The maximum atomic E-state index is 6.29. The Balaban J connectivity index is 1.32. The molecule has 2 unspecified atom stereocenters. The van der Waals surface area contributed by atoms with E-state index in [1.807, 2.05) is 0 Å². The summed E-state index contributed by atoms with van der Waals surface area (Å²) in [6, 6.07) is 24.4. The summed E-state index contributed by atoms with van der Waals surface area (Å²) in [6.07, 6.45) is 8.33. The van der Waals surface area contributed by atoms with Gasteiger partial charge in [-0.2, -0.15) is 0 Å². The minimum absolute atomic E-state index is 0.113. The van der Waals surface area contributed by atoms with Crippen LogP contribution in [0.25, 0.3) is 0 Å². The van der Waals surface area contributed by atoms with Gasteiger partial charge < -0.3 is 14.2 Å². The number of hydrogen-bond acceptors (Lipinski definition) is 4. The molecular formula is C33H39NO3. The van der Waals surface area contributed by atoms with Crippen LogP contribution in [0.3, 0.4) is 0 Å². The minimum atomic E-state index is -0.113. The molecule has 1 fully saturated rings. The monoisotopic (exact) mass is 497 g/mol. The predicted molar refractivity (Wildman–Crippen MR) is 148 cm³/mol. The average Bonchev–Trinajstić information content (AvgIpc) is 2.96. The van der Waals surface area contributed by atoms with Crippen molar-refractivity contribution in [3.63, 3.8) is 0 Å². The Kier molecular flexibility index (Phi) is 6.73. The topological polar surface area (TPSA) is 30.9 Å².